The van der Waals surface area contributed by atoms with Gasteiger partial charge in [-0.25, -0.2) is 0 Å². The van der Waals surface area contributed by atoms with Gasteiger partial charge in [0.1, 0.15) is 0 Å². The highest BCUT2D eigenvalue weighted by atomic mass is 15.2. The van der Waals surface area contributed by atoms with Crippen molar-refractivity contribution >= 4 is 0 Å². The molecule has 0 amide bonds. The van der Waals surface area contributed by atoms with Crippen molar-refractivity contribution in [3.05, 3.63) is 17.5 Å². The largest absolute Gasteiger partial charge is 0.275 e. The van der Waals surface area contributed by atoms with E-state index in [2.05, 4.69) is 32.1 Å². The van der Waals surface area contributed by atoms with Crippen LogP contribution >= 0.6 is 0 Å². The van der Waals surface area contributed by atoms with Gasteiger partial charge in [0.15, 0.2) is 0 Å². The zero-order chi connectivity index (χ0) is 8.43. The lowest BCUT2D eigenvalue weighted by Crippen LogP contribution is -1.93. The van der Waals surface area contributed by atoms with Crippen molar-refractivity contribution in [1.82, 2.24) is 9.78 Å². The van der Waals surface area contributed by atoms with Gasteiger partial charge in [-0.15, -0.1) is 0 Å². The molecule has 0 aliphatic heterocycles. The van der Waals surface area contributed by atoms with Gasteiger partial charge in [-0.05, 0) is 24.8 Å². The first-order valence-corrected chi connectivity index (χ1v) is 4.08. The van der Waals surface area contributed by atoms with Crippen molar-refractivity contribution < 1.29 is 0 Å². The van der Waals surface area contributed by atoms with Gasteiger partial charge >= 0.3 is 0 Å². The molecule has 0 radical (unpaired) electrons. The molecule has 0 aromatic carbocycles. The van der Waals surface area contributed by atoms with Crippen molar-refractivity contribution in [3.63, 3.8) is 0 Å². The number of rotatable bonds is 2. The maximum absolute atomic E-state index is 4.28. The molecule has 2 heteroatoms. The van der Waals surface area contributed by atoms with E-state index in [1.807, 2.05) is 11.7 Å². The van der Waals surface area contributed by atoms with Crippen LogP contribution in [0.2, 0.25) is 0 Å². The Morgan fingerprint density at radius 2 is 2.18 bits per heavy atom. The molecular weight excluding hydrogens is 136 g/mol. The Kier molecular flexibility index (Phi) is 2.32. The number of hydrogen-bond donors (Lipinski definition) is 0. The van der Waals surface area contributed by atoms with E-state index >= 15 is 0 Å². The van der Waals surface area contributed by atoms with Crippen LogP contribution in [0.3, 0.4) is 0 Å². The minimum Gasteiger partial charge on any atom is -0.275 e. The van der Waals surface area contributed by atoms with Gasteiger partial charge in [0.2, 0.25) is 0 Å². The van der Waals surface area contributed by atoms with Gasteiger partial charge in [-0.3, -0.25) is 4.68 Å². The average molecular weight is 152 g/mol. The van der Waals surface area contributed by atoms with Gasteiger partial charge in [0.05, 0.1) is 5.69 Å². The second kappa shape index (κ2) is 3.07. The van der Waals surface area contributed by atoms with Gasteiger partial charge in [0, 0.05) is 13.2 Å². The molecule has 1 heterocycles. The Labute approximate surface area is 68.2 Å². The maximum atomic E-state index is 4.28. The van der Waals surface area contributed by atoms with E-state index in [0.717, 1.165) is 12.3 Å². The van der Waals surface area contributed by atoms with Crippen LogP contribution in [0.1, 0.15) is 25.1 Å². The fourth-order valence-electron chi connectivity index (χ4n) is 1.29. The Hall–Kier alpha value is -0.790. The standard InChI is InChI=1S/C9H16N2/c1-7(2)5-9-6-11(4)10-8(9)3/h6-7H,5H2,1-4H3. The molecule has 11 heavy (non-hydrogen) atoms. The van der Waals surface area contributed by atoms with Crippen LogP contribution in [0.25, 0.3) is 0 Å². The molecule has 0 saturated heterocycles. The monoisotopic (exact) mass is 152 g/mol. The highest BCUT2D eigenvalue weighted by Gasteiger charge is 2.04. The third-order valence-corrected chi connectivity index (χ3v) is 1.74. The zero-order valence-electron chi connectivity index (χ0n) is 7.76. The summed E-state index contributed by atoms with van der Waals surface area (Å²) in [6.07, 6.45) is 3.25. The lowest BCUT2D eigenvalue weighted by molar-refractivity contribution is 0.644. The molecule has 0 bridgehead atoms. The third kappa shape index (κ3) is 2.07. The second-order valence-electron chi connectivity index (χ2n) is 3.51. The molecule has 1 rings (SSSR count). The molecule has 0 fully saturated rings. The first-order valence-electron chi connectivity index (χ1n) is 4.08. The van der Waals surface area contributed by atoms with Crippen LogP contribution in [-0.4, -0.2) is 9.78 Å². The van der Waals surface area contributed by atoms with E-state index in [-0.39, 0.29) is 0 Å². The molecule has 62 valence electrons. The summed E-state index contributed by atoms with van der Waals surface area (Å²) in [6, 6.07) is 0. The third-order valence-electron chi connectivity index (χ3n) is 1.74. The van der Waals surface area contributed by atoms with Crippen molar-refractivity contribution in [2.24, 2.45) is 13.0 Å². The van der Waals surface area contributed by atoms with Gasteiger partial charge in [-0.1, -0.05) is 13.8 Å². The predicted molar refractivity (Wildman–Crippen MR) is 46.5 cm³/mol. The van der Waals surface area contributed by atoms with E-state index in [9.17, 15) is 0 Å². The van der Waals surface area contributed by atoms with E-state index in [1.165, 1.54) is 11.3 Å². The number of aromatic nitrogens is 2. The van der Waals surface area contributed by atoms with Crippen LogP contribution in [-0.2, 0) is 13.5 Å². The number of aryl methyl sites for hydroxylation is 2. The molecule has 1 aromatic rings. The highest BCUT2D eigenvalue weighted by molar-refractivity contribution is 5.15. The molecule has 0 spiro atoms. The molecule has 0 saturated carbocycles. The molecule has 0 atom stereocenters. The van der Waals surface area contributed by atoms with E-state index < -0.39 is 0 Å². The Morgan fingerprint density at radius 3 is 2.55 bits per heavy atom. The van der Waals surface area contributed by atoms with Crippen molar-refractivity contribution in [1.29, 1.82) is 0 Å². The minimum absolute atomic E-state index is 0.720. The van der Waals surface area contributed by atoms with E-state index in [1.54, 1.807) is 0 Å². The number of nitrogens with zero attached hydrogens (tertiary/aromatic N) is 2. The predicted octanol–water partition coefficient (Wildman–Crippen LogP) is 1.93. The summed E-state index contributed by atoms with van der Waals surface area (Å²) in [6.45, 7) is 6.52. The smallest absolute Gasteiger partial charge is 0.0625 e. The summed E-state index contributed by atoms with van der Waals surface area (Å²) in [4.78, 5) is 0. The second-order valence-corrected chi connectivity index (χ2v) is 3.51. The van der Waals surface area contributed by atoms with Crippen LogP contribution in [0, 0.1) is 12.8 Å². The molecule has 0 N–H and O–H groups in total. The molecule has 1 aromatic heterocycles. The average Bonchev–Trinajstić information content (AvgIpc) is 2.09. The summed E-state index contributed by atoms with van der Waals surface area (Å²) in [7, 11) is 1.97. The molecule has 2 nitrogen and oxygen atoms in total. The van der Waals surface area contributed by atoms with Crippen LogP contribution in [0.5, 0.6) is 0 Å². The van der Waals surface area contributed by atoms with Crippen LogP contribution < -0.4 is 0 Å². The fraction of sp³-hybridized carbons (Fsp3) is 0.667. The molecule has 0 aliphatic rings. The highest BCUT2D eigenvalue weighted by Crippen LogP contribution is 2.10. The lowest BCUT2D eigenvalue weighted by Gasteiger charge is -2.00. The normalized spacial score (nSPS) is 11.0. The maximum Gasteiger partial charge on any atom is 0.0625 e. The van der Waals surface area contributed by atoms with Crippen molar-refractivity contribution in [2.45, 2.75) is 27.2 Å². The summed E-state index contributed by atoms with van der Waals surface area (Å²) < 4.78 is 1.88. The minimum atomic E-state index is 0.720. The van der Waals surface area contributed by atoms with E-state index in [4.69, 9.17) is 0 Å². The SMILES string of the molecule is Cc1nn(C)cc1CC(C)C. The molecule has 0 aliphatic carbocycles. The fourth-order valence-corrected chi connectivity index (χ4v) is 1.29. The quantitative estimate of drug-likeness (QED) is 0.633. The first kappa shape index (κ1) is 8.31. The van der Waals surface area contributed by atoms with Crippen molar-refractivity contribution in [2.75, 3.05) is 0 Å². The Bertz CT molecular complexity index is 236. The van der Waals surface area contributed by atoms with Crippen LogP contribution in [0.4, 0.5) is 0 Å². The van der Waals surface area contributed by atoms with Gasteiger partial charge < -0.3 is 0 Å². The lowest BCUT2D eigenvalue weighted by atomic mass is 10.0. The Balaban J connectivity index is 2.77. The zero-order valence-corrected chi connectivity index (χ0v) is 7.76. The Morgan fingerprint density at radius 1 is 1.55 bits per heavy atom. The summed E-state index contributed by atoms with van der Waals surface area (Å²) >= 11 is 0. The summed E-state index contributed by atoms with van der Waals surface area (Å²) in [5.74, 6) is 0.720. The molecular formula is C9H16N2. The van der Waals surface area contributed by atoms with Gasteiger partial charge in [0.25, 0.3) is 0 Å². The topological polar surface area (TPSA) is 17.8 Å². The van der Waals surface area contributed by atoms with Crippen LogP contribution in [0.15, 0.2) is 6.20 Å². The molecule has 0 unspecified atom stereocenters. The van der Waals surface area contributed by atoms with E-state index in [0.29, 0.717) is 0 Å². The van der Waals surface area contributed by atoms with Crippen molar-refractivity contribution in [3.8, 4) is 0 Å². The number of hydrogen-bond acceptors (Lipinski definition) is 1. The summed E-state index contributed by atoms with van der Waals surface area (Å²) in [5, 5.41) is 4.28. The summed E-state index contributed by atoms with van der Waals surface area (Å²) in [5.41, 5.74) is 2.55. The van der Waals surface area contributed by atoms with Gasteiger partial charge in [-0.2, -0.15) is 5.10 Å². The first-order chi connectivity index (χ1) is 5.09.